The summed E-state index contributed by atoms with van der Waals surface area (Å²) in [5.41, 5.74) is 7.92. The van der Waals surface area contributed by atoms with Crippen LogP contribution in [0.5, 0.6) is 11.5 Å². The standard InChI is InChI=1S/C26H38N2O3.H2O/c1-2-3-4-5-6-7-8-9-10-11-12-13-18-24-25(27)19-15-20-26(24)31-23-17-14-16-22(21-23)28(29)30;/h14-17,19-21H,2-13,18,27H2,1H3;1H2. The van der Waals surface area contributed by atoms with Gasteiger partial charge in [0, 0.05) is 17.3 Å². The molecule has 6 heteroatoms. The number of benzene rings is 2. The molecule has 0 aliphatic heterocycles. The van der Waals surface area contributed by atoms with Gasteiger partial charge in [-0.3, -0.25) is 10.1 Å². The number of nitrogens with two attached hydrogens (primary N) is 1. The molecular formula is C26H40N2O4. The molecule has 0 amide bonds. The van der Waals surface area contributed by atoms with Crippen LogP contribution in [0, 0.1) is 10.1 Å². The second kappa shape index (κ2) is 16.1. The maximum atomic E-state index is 11.0. The number of nitrogen functional groups attached to an aromatic ring is 1. The maximum absolute atomic E-state index is 11.0. The SMILES string of the molecule is CCCCCCCCCCCCCCc1c(N)cccc1Oc1cccc([N+](=O)[O-])c1.O. The molecule has 0 unspecified atom stereocenters. The van der Waals surface area contributed by atoms with Crippen LogP contribution in [0.1, 0.15) is 89.5 Å². The Morgan fingerprint density at radius 3 is 2.00 bits per heavy atom. The molecule has 178 valence electrons. The van der Waals surface area contributed by atoms with E-state index in [0.717, 1.165) is 18.4 Å². The fourth-order valence-corrected chi connectivity index (χ4v) is 3.88. The van der Waals surface area contributed by atoms with E-state index < -0.39 is 4.92 Å². The predicted molar refractivity (Wildman–Crippen MR) is 132 cm³/mol. The average molecular weight is 445 g/mol. The van der Waals surface area contributed by atoms with E-state index in [1.54, 1.807) is 12.1 Å². The molecule has 0 spiro atoms. The predicted octanol–water partition coefficient (Wildman–Crippen LogP) is 7.39. The number of rotatable bonds is 16. The van der Waals surface area contributed by atoms with Crippen molar-refractivity contribution in [2.45, 2.75) is 90.4 Å². The van der Waals surface area contributed by atoms with Gasteiger partial charge in [0.25, 0.3) is 5.69 Å². The van der Waals surface area contributed by atoms with Crippen molar-refractivity contribution in [1.82, 2.24) is 0 Å². The number of anilines is 1. The van der Waals surface area contributed by atoms with Crippen molar-refractivity contribution in [3.8, 4) is 11.5 Å². The number of hydrogen-bond acceptors (Lipinski definition) is 4. The van der Waals surface area contributed by atoms with Gasteiger partial charge < -0.3 is 15.9 Å². The second-order valence-electron chi connectivity index (χ2n) is 8.32. The molecule has 4 N–H and O–H groups in total. The first-order valence-corrected chi connectivity index (χ1v) is 11.9. The van der Waals surface area contributed by atoms with Crippen LogP contribution in [-0.4, -0.2) is 10.4 Å². The first kappa shape index (κ1) is 27.4. The number of nitrogens with zero attached hydrogens (tertiary/aromatic N) is 1. The highest BCUT2D eigenvalue weighted by atomic mass is 16.6. The van der Waals surface area contributed by atoms with Gasteiger partial charge in [0.2, 0.25) is 0 Å². The van der Waals surface area contributed by atoms with Gasteiger partial charge in [-0.05, 0) is 31.0 Å². The molecular weight excluding hydrogens is 404 g/mol. The monoisotopic (exact) mass is 444 g/mol. The molecule has 2 aromatic rings. The van der Waals surface area contributed by atoms with E-state index in [9.17, 15) is 10.1 Å². The van der Waals surface area contributed by atoms with E-state index in [-0.39, 0.29) is 11.2 Å². The first-order chi connectivity index (χ1) is 15.1. The lowest BCUT2D eigenvalue weighted by Crippen LogP contribution is -1.99. The third-order valence-electron chi connectivity index (χ3n) is 5.71. The maximum Gasteiger partial charge on any atom is 0.273 e. The van der Waals surface area contributed by atoms with Crippen molar-refractivity contribution in [2.24, 2.45) is 0 Å². The molecule has 2 aromatic carbocycles. The minimum absolute atomic E-state index is 0. The summed E-state index contributed by atoms with van der Waals surface area (Å²) in [6.07, 6.45) is 16.6. The minimum atomic E-state index is -0.417. The average Bonchev–Trinajstić information content (AvgIpc) is 2.76. The summed E-state index contributed by atoms with van der Waals surface area (Å²) in [5, 5.41) is 11.0. The summed E-state index contributed by atoms with van der Waals surface area (Å²) in [4.78, 5) is 10.6. The van der Waals surface area contributed by atoms with Gasteiger partial charge in [0.05, 0.1) is 11.0 Å². The van der Waals surface area contributed by atoms with Gasteiger partial charge in [-0.15, -0.1) is 0 Å². The van der Waals surface area contributed by atoms with E-state index >= 15 is 0 Å². The number of non-ortho nitro benzene ring substituents is 1. The fraction of sp³-hybridized carbons (Fsp3) is 0.538. The van der Waals surface area contributed by atoms with Gasteiger partial charge in [-0.1, -0.05) is 89.7 Å². The topological polar surface area (TPSA) is 110 Å². The first-order valence-electron chi connectivity index (χ1n) is 11.9. The molecule has 6 nitrogen and oxygen atoms in total. The van der Waals surface area contributed by atoms with Gasteiger partial charge in [0.15, 0.2) is 0 Å². The van der Waals surface area contributed by atoms with Crippen molar-refractivity contribution in [3.63, 3.8) is 0 Å². The van der Waals surface area contributed by atoms with Crippen molar-refractivity contribution >= 4 is 11.4 Å². The number of ether oxygens (including phenoxy) is 1. The molecule has 0 aromatic heterocycles. The molecule has 0 heterocycles. The van der Waals surface area contributed by atoms with E-state index in [1.165, 1.54) is 82.8 Å². The van der Waals surface area contributed by atoms with E-state index in [1.807, 2.05) is 18.2 Å². The zero-order valence-corrected chi connectivity index (χ0v) is 19.5. The Hall–Kier alpha value is -2.60. The van der Waals surface area contributed by atoms with Crippen molar-refractivity contribution in [1.29, 1.82) is 0 Å². The number of nitro groups is 1. The van der Waals surface area contributed by atoms with Crippen molar-refractivity contribution < 1.29 is 15.1 Å². The quantitative estimate of drug-likeness (QED) is 0.126. The van der Waals surface area contributed by atoms with E-state index in [2.05, 4.69) is 6.92 Å². The molecule has 0 aliphatic carbocycles. The Kier molecular flexibility index (Phi) is 13.8. The summed E-state index contributed by atoms with van der Waals surface area (Å²) < 4.78 is 5.95. The highest BCUT2D eigenvalue weighted by molar-refractivity contribution is 5.55. The summed E-state index contributed by atoms with van der Waals surface area (Å²) in [7, 11) is 0. The third kappa shape index (κ3) is 10.1. The van der Waals surface area contributed by atoms with Crippen LogP contribution in [0.3, 0.4) is 0 Å². The molecule has 0 atom stereocenters. The normalized spacial score (nSPS) is 10.5. The highest BCUT2D eigenvalue weighted by Crippen LogP contribution is 2.32. The smallest absolute Gasteiger partial charge is 0.273 e. The summed E-state index contributed by atoms with van der Waals surface area (Å²) in [5.74, 6) is 1.14. The van der Waals surface area contributed by atoms with Gasteiger partial charge in [-0.25, -0.2) is 0 Å². The van der Waals surface area contributed by atoms with E-state index in [4.69, 9.17) is 10.5 Å². The molecule has 0 radical (unpaired) electrons. The lowest BCUT2D eigenvalue weighted by Gasteiger charge is -2.13. The van der Waals surface area contributed by atoms with Gasteiger partial charge in [0.1, 0.15) is 11.5 Å². The molecule has 0 saturated heterocycles. The molecule has 32 heavy (non-hydrogen) atoms. The second-order valence-corrected chi connectivity index (χ2v) is 8.32. The Labute approximate surface area is 192 Å². The molecule has 0 fully saturated rings. The lowest BCUT2D eigenvalue weighted by molar-refractivity contribution is -0.384. The largest absolute Gasteiger partial charge is 0.457 e. The van der Waals surface area contributed by atoms with Crippen LogP contribution in [0.4, 0.5) is 11.4 Å². The number of nitro benzene ring substituents is 1. The summed E-state index contributed by atoms with van der Waals surface area (Å²) in [6.45, 7) is 2.26. The van der Waals surface area contributed by atoms with Crippen LogP contribution in [0.25, 0.3) is 0 Å². The van der Waals surface area contributed by atoms with Crippen LogP contribution >= 0.6 is 0 Å². The Morgan fingerprint density at radius 2 is 1.41 bits per heavy atom. The fourth-order valence-electron chi connectivity index (χ4n) is 3.88. The zero-order valence-electron chi connectivity index (χ0n) is 19.5. The van der Waals surface area contributed by atoms with Crippen LogP contribution in [-0.2, 0) is 6.42 Å². The van der Waals surface area contributed by atoms with Gasteiger partial charge >= 0.3 is 0 Å². The zero-order chi connectivity index (χ0) is 22.3. The van der Waals surface area contributed by atoms with Crippen LogP contribution in [0.15, 0.2) is 42.5 Å². The number of unbranched alkanes of at least 4 members (excludes halogenated alkanes) is 11. The van der Waals surface area contributed by atoms with E-state index in [0.29, 0.717) is 17.2 Å². The van der Waals surface area contributed by atoms with Crippen LogP contribution in [0.2, 0.25) is 0 Å². The Bertz CT molecular complexity index is 795. The van der Waals surface area contributed by atoms with Crippen molar-refractivity contribution in [3.05, 3.63) is 58.1 Å². The molecule has 0 bridgehead atoms. The molecule has 0 saturated carbocycles. The van der Waals surface area contributed by atoms with Crippen LogP contribution < -0.4 is 10.5 Å². The minimum Gasteiger partial charge on any atom is -0.457 e. The number of hydrogen-bond donors (Lipinski definition) is 1. The summed E-state index contributed by atoms with van der Waals surface area (Å²) in [6, 6.07) is 11.9. The molecule has 0 aliphatic rings. The summed E-state index contributed by atoms with van der Waals surface area (Å²) >= 11 is 0. The molecule has 2 rings (SSSR count). The lowest BCUT2D eigenvalue weighted by atomic mass is 10.0. The van der Waals surface area contributed by atoms with Crippen molar-refractivity contribution in [2.75, 3.05) is 5.73 Å². The Balaban J connectivity index is 0.00000512. The van der Waals surface area contributed by atoms with Gasteiger partial charge in [-0.2, -0.15) is 0 Å². The highest BCUT2D eigenvalue weighted by Gasteiger charge is 2.11. The Morgan fingerprint density at radius 1 is 0.844 bits per heavy atom. The third-order valence-corrected chi connectivity index (χ3v) is 5.71.